The van der Waals surface area contributed by atoms with Gasteiger partial charge in [0.2, 0.25) is 0 Å². The van der Waals surface area contributed by atoms with Crippen LogP contribution >= 0.6 is 0 Å². The summed E-state index contributed by atoms with van der Waals surface area (Å²) in [6.07, 6.45) is 0.530. The van der Waals surface area contributed by atoms with E-state index in [0.29, 0.717) is 6.42 Å². The topological polar surface area (TPSA) is 52.9 Å². The summed E-state index contributed by atoms with van der Waals surface area (Å²) in [6.45, 7) is 6.19. The molecule has 4 nitrogen and oxygen atoms in total. The standard InChI is InChI=1S/C15H25NO3/c1-10-8-11(2)14(15(19-5)12(10)3)16(4)13(9-18)6-7-17/h8,13,17-18H,6-7,9H2,1-5H3. The van der Waals surface area contributed by atoms with Gasteiger partial charge in [0.1, 0.15) is 5.75 Å². The van der Waals surface area contributed by atoms with E-state index in [4.69, 9.17) is 9.84 Å². The van der Waals surface area contributed by atoms with Crippen molar-refractivity contribution < 1.29 is 14.9 Å². The molecule has 1 rings (SSSR count). The predicted molar refractivity (Wildman–Crippen MR) is 78.2 cm³/mol. The maximum absolute atomic E-state index is 9.47. The SMILES string of the molecule is COc1c(C)c(C)cc(C)c1N(C)C(CO)CCO. The van der Waals surface area contributed by atoms with Gasteiger partial charge >= 0.3 is 0 Å². The van der Waals surface area contributed by atoms with Gasteiger partial charge in [-0.25, -0.2) is 0 Å². The molecular weight excluding hydrogens is 242 g/mol. The van der Waals surface area contributed by atoms with Crippen molar-refractivity contribution in [1.82, 2.24) is 0 Å². The number of anilines is 1. The van der Waals surface area contributed by atoms with Crippen LogP contribution in [0.5, 0.6) is 5.75 Å². The first kappa shape index (κ1) is 15.8. The summed E-state index contributed by atoms with van der Waals surface area (Å²) >= 11 is 0. The van der Waals surface area contributed by atoms with E-state index in [9.17, 15) is 5.11 Å². The Morgan fingerprint density at radius 1 is 1.21 bits per heavy atom. The van der Waals surface area contributed by atoms with E-state index < -0.39 is 0 Å². The number of ether oxygens (including phenoxy) is 1. The summed E-state index contributed by atoms with van der Waals surface area (Å²) in [5.74, 6) is 0.844. The molecule has 1 unspecified atom stereocenters. The van der Waals surface area contributed by atoms with Gasteiger partial charge in [-0.15, -0.1) is 0 Å². The Labute approximate surface area is 115 Å². The molecule has 1 aromatic rings. The quantitative estimate of drug-likeness (QED) is 0.825. The summed E-state index contributed by atoms with van der Waals surface area (Å²) in [4.78, 5) is 2.00. The minimum Gasteiger partial charge on any atom is -0.494 e. The molecule has 0 saturated heterocycles. The van der Waals surface area contributed by atoms with E-state index in [2.05, 4.69) is 13.0 Å². The molecule has 4 heteroatoms. The average Bonchev–Trinajstić information content (AvgIpc) is 2.39. The van der Waals surface area contributed by atoms with Crippen molar-refractivity contribution >= 4 is 5.69 Å². The Morgan fingerprint density at radius 2 is 1.84 bits per heavy atom. The van der Waals surface area contributed by atoms with Gasteiger partial charge in [0, 0.05) is 13.7 Å². The highest BCUT2D eigenvalue weighted by Crippen LogP contribution is 2.37. The van der Waals surface area contributed by atoms with Crippen LogP contribution in [0.1, 0.15) is 23.1 Å². The molecule has 19 heavy (non-hydrogen) atoms. The fourth-order valence-corrected chi connectivity index (χ4v) is 2.46. The number of methoxy groups -OCH3 is 1. The molecule has 0 bridgehead atoms. The Balaban J connectivity index is 3.28. The molecule has 0 heterocycles. The first-order valence-electron chi connectivity index (χ1n) is 6.57. The van der Waals surface area contributed by atoms with Crippen LogP contribution < -0.4 is 9.64 Å². The first-order valence-corrected chi connectivity index (χ1v) is 6.57. The maximum Gasteiger partial charge on any atom is 0.145 e. The lowest BCUT2D eigenvalue weighted by Crippen LogP contribution is -2.36. The highest BCUT2D eigenvalue weighted by molar-refractivity contribution is 5.68. The fourth-order valence-electron chi connectivity index (χ4n) is 2.46. The fraction of sp³-hybridized carbons (Fsp3) is 0.600. The molecule has 1 atom stereocenters. The number of hydrogen-bond acceptors (Lipinski definition) is 4. The van der Waals surface area contributed by atoms with E-state index in [0.717, 1.165) is 22.6 Å². The van der Waals surface area contributed by atoms with Gasteiger partial charge in [-0.05, 0) is 43.9 Å². The minimum absolute atomic E-state index is 0.00653. The van der Waals surface area contributed by atoms with Crippen LogP contribution in [0.3, 0.4) is 0 Å². The number of benzene rings is 1. The highest BCUT2D eigenvalue weighted by atomic mass is 16.5. The van der Waals surface area contributed by atoms with Gasteiger partial charge in [0.15, 0.2) is 0 Å². The van der Waals surface area contributed by atoms with Gasteiger partial charge < -0.3 is 19.8 Å². The molecule has 108 valence electrons. The summed E-state index contributed by atoms with van der Waals surface area (Å²) in [6, 6.07) is 2.01. The second-order valence-corrected chi connectivity index (χ2v) is 4.98. The maximum atomic E-state index is 9.47. The summed E-state index contributed by atoms with van der Waals surface area (Å²) in [5.41, 5.74) is 4.39. The van der Waals surface area contributed by atoms with E-state index >= 15 is 0 Å². The van der Waals surface area contributed by atoms with Gasteiger partial charge in [0.05, 0.1) is 25.4 Å². The number of aryl methyl sites for hydroxylation is 2. The molecule has 0 aliphatic carbocycles. The molecule has 0 spiro atoms. The van der Waals surface area contributed by atoms with E-state index in [1.165, 1.54) is 5.56 Å². The number of rotatable bonds is 6. The number of nitrogens with zero attached hydrogens (tertiary/aromatic N) is 1. The summed E-state index contributed by atoms with van der Waals surface area (Å²) in [7, 11) is 3.59. The van der Waals surface area contributed by atoms with Crippen molar-refractivity contribution in [1.29, 1.82) is 0 Å². The highest BCUT2D eigenvalue weighted by Gasteiger charge is 2.21. The normalized spacial score (nSPS) is 12.4. The molecular formula is C15H25NO3. The second-order valence-electron chi connectivity index (χ2n) is 4.98. The van der Waals surface area contributed by atoms with Gasteiger partial charge in [-0.2, -0.15) is 0 Å². The molecule has 0 amide bonds. The van der Waals surface area contributed by atoms with Crippen molar-refractivity contribution in [3.8, 4) is 5.75 Å². The van der Waals surface area contributed by atoms with Gasteiger partial charge in [-0.1, -0.05) is 6.07 Å². The molecule has 2 N–H and O–H groups in total. The number of aliphatic hydroxyl groups excluding tert-OH is 2. The van der Waals surface area contributed by atoms with Crippen molar-refractivity contribution in [2.45, 2.75) is 33.2 Å². The largest absolute Gasteiger partial charge is 0.494 e. The molecule has 0 fully saturated rings. The summed E-state index contributed by atoms with van der Waals surface area (Å²) in [5, 5.41) is 18.6. The number of likely N-dealkylation sites (N-methyl/N-ethyl adjacent to an activating group) is 1. The average molecular weight is 267 g/mol. The molecule has 0 aliphatic heterocycles. The Hall–Kier alpha value is -1.26. The molecule has 0 radical (unpaired) electrons. The molecule has 0 aromatic heterocycles. The van der Waals surface area contributed by atoms with Crippen LogP contribution in [0, 0.1) is 20.8 Å². The van der Waals surface area contributed by atoms with E-state index in [-0.39, 0.29) is 19.3 Å². The van der Waals surface area contributed by atoms with Crippen LogP contribution in [-0.4, -0.2) is 43.6 Å². The first-order chi connectivity index (χ1) is 8.97. The third-order valence-electron chi connectivity index (χ3n) is 3.73. The van der Waals surface area contributed by atoms with Crippen molar-refractivity contribution in [2.75, 3.05) is 32.3 Å². The van der Waals surface area contributed by atoms with Crippen LogP contribution in [0.2, 0.25) is 0 Å². The number of hydrogen-bond donors (Lipinski definition) is 2. The van der Waals surface area contributed by atoms with Crippen molar-refractivity contribution in [2.24, 2.45) is 0 Å². The zero-order valence-corrected chi connectivity index (χ0v) is 12.5. The third kappa shape index (κ3) is 3.19. The van der Waals surface area contributed by atoms with E-state index in [1.54, 1.807) is 7.11 Å². The molecule has 1 aromatic carbocycles. The lowest BCUT2D eigenvalue weighted by molar-refractivity contribution is 0.217. The van der Waals surface area contributed by atoms with Crippen LogP contribution in [-0.2, 0) is 0 Å². The van der Waals surface area contributed by atoms with Crippen LogP contribution in [0.4, 0.5) is 5.69 Å². The zero-order chi connectivity index (χ0) is 14.6. The second kappa shape index (κ2) is 6.78. The molecule has 0 aliphatic rings. The van der Waals surface area contributed by atoms with Crippen molar-refractivity contribution in [3.63, 3.8) is 0 Å². The minimum atomic E-state index is -0.111. The Bertz CT molecular complexity index is 432. The summed E-state index contributed by atoms with van der Waals surface area (Å²) < 4.78 is 5.55. The monoisotopic (exact) mass is 267 g/mol. The van der Waals surface area contributed by atoms with Crippen LogP contribution in [0.15, 0.2) is 6.07 Å². The van der Waals surface area contributed by atoms with Gasteiger partial charge in [0.25, 0.3) is 0 Å². The predicted octanol–water partition coefficient (Wildman–Crippen LogP) is 1.80. The third-order valence-corrected chi connectivity index (χ3v) is 3.73. The number of aliphatic hydroxyl groups is 2. The Kier molecular flexibility index (Phi) is 5.63. The molecule has 0 saturated carbocycles. The van der Waals surface area contributed by atoms with Crippen molar-refractivity contribution in [3.05, 3.63) is 22.8 Å². The Morgan fingerprint density at radius 3 is 2.32 bits per heavy atom. The lowest BCUT2D eigenvalue weighted by Gasteiger charge is -2.32. The van der Waals surface area contributed by atoms with Gasteiger partial charge in [-0.3, -0.25) is 0 Å². The van der Waals surface area contributed by atoms with Crippen LogP contribution in [0.25, 0.3) is 0 Å². The zero-order valence-electron chi connectivity index (χ0n) is 12.5. The lowest BCUT2D eigenvalue weighted by atomic mass is 10.0. The smallest absolute Gasteiger partial charge is 0.145 e. The van der Waals surface area contributed by atoms with E-state index in [1.807, 2.05) is 25.8 Å².